The topological polar surface area (TPSA) is 58.9 Å². The molecular formula is C22H24ClFN4O2. The molecule has 0 bridgehead atoms. The molecule has 3 heterocycles. The fourth-order valence-electron chi connectivity index (χ4n) is 3.80. The number of benzene rings is 1. The molecule has 1 aliphatic heterocycles. The van der Waals surface area contributed by atoms with Gasteiger partial charge in [-0.25, -0.2) is 9.37 Å². The Morgan fingerprint density at radius 2 is 2.03 bits per heavy atom. The number of halogens is 2. The standard InChI is InChI=1S/C22H24ClFN4O2/c23-16-5-6-21-26-14-20(28(21)15-16)18(17-3-1-2-4-19(17)24)13-22(29)25-7-8-27-9-11-30-12-10-27/h1-6,14-15,18H,7-13H2,(H,25,29). The van der Waals surface area contributed by atoms with Crippen molar-refractivity contribution in [3.05, 3.63) is 70.9 Å². The molecule has 1 fully saturated rings. The van der Waals surface area contributed by atoms with E-state index in [2.05, 4.69) is 15.2 Å². The van der Waals surface area contributed by atoms with Gasteiger partial charge in [-0.2, -0.15) is 0 Å². The Morgan fingerprint density at radius 1 is 1.23 bits per heavy atom. The molecule has 2 aromatic heterocycles. The second kappa shape index (κ2) is 9.55. The van der Waals surface area contributed by atoms with Gasteiger partial charge >= 0.3 is 0 Å². The number of imidazole rings is 1. The zero-order valence-electron chi connectivity index (χ0n) is 16.6. The lowest BCUT2D eigenvalue weighted by Crippen LogP contribution is -2.41. The second-order valence-corrected chi connectivity index (χ2v) is 7.78. The number of ether oxygens (including phenoxy) is 1. The van der Waals surface area contributed by atoms with Crippen molar-refractivity contribution in [2.24, 2.45) is 0 Å². The Kier molecular flexibility index (Phi) is 6.62. The van der Waals surface area contributed by atoms with Crippen molar-refractivity contribution in [1.29, 1.82) is 0 Å². The largest absolute Gasteiger partial charge is 0.379 e. The predicted molar refractivity (Wildman–Crippen MR) is 113 cm³/mol. The summed E-state index contributed by atoms with van der Waals surface area (Å²) in [5, 5.41) is 3.52. The highest BCUT2D eigenvalue weighted by Crippen LogP contribution is 2.31. The minimum atomic E-state index is -0.483. The number of pyridine rings is 1. The molecule has 1 saturated heterocycles. The highest BCUT2D eigenvalue weighted by molar-refractivity contribution is 6.30. The van der Waals surface area contributed by atoms with E-state index in [1.54, 1.807) is 42.7 Å². The van der Waals surface area contributed by atoms with Crippen LogP contribution < -0.4 is 5.32 Å². The summed E-state index contributed by atoms with van der Waals surface area (Å²) in [6, 6.07) is 10.1. The third kappa shape index (κ3) is 4.80. The number of carbonyl (C=O) groups is 1. The number of aromatic nitrogens is 2. The van der Waals surface area contributed by atoms with Crippen LogP contribution in [0.4, 0.5) is 4.39 Å². The molecule has 1 atom stereocenters. The summed E-state index contributed by atoms with van der Waals surface area (Å²) in [5.41, 5.74) is 1.88. The average molecular weight is 431 g/mol. The molecule has 1 N–H and O–H groups in total. The Balaban J connectivity index is 1.53. The van der Waals surface area contributed by atoms with Gasteiger partial charge < -0.3 is 14.5 Å². The number of hydrogen-bond acceptors (Lipinski definition) is 4. The molecule has 1 unspecified atom stereocenters. The van der Waals surface area contributed by atoms with Crippen LogP contribution in [0.1, 0.15) is 23.6 Å². The van der Waals surface area contributed by atoms with Gasteiger partial charge in [-0.05, 0) is 23.8 Å². The molecule has 0 spiro atoms. The predicted octanol–water partition coefficient (Wildman–Crippen LogP) is 3.10. The third-order valence-electron chi connectivity index (χ3n) is 5.38. The number of amides is 1. The molecule has 158 valence electrons. The van der Waals surface area contributed by atoms with Crippen molar-refractivity contribution < 1.29 is 13.9 Å². The lowest BCUT2D eigenvalue weighted by Gasteiger charge is -2.26. The van der Waals surface area contributed by atoms with Gasteiger partial charge in [0.25, 0.3) is 0 Å². The number of carbonyl (C=O) groups excluding carboxylic acids is 1. The maximum absolute atomic E-state index is 14.7. The van der Waals surface area contributed by atoms with Gasteiger partial charge in [0.1, 0.15) is 11.5 Å². The number of hydrogen-bond donors (Lipinski definition) is 1. The van der Waals surface area contributed by atoms with Crippen LogP contribution in [0.2, 0.25) is 5.02 Å². The Hall–Kier alpha value is -2.48. The summed E-state index contributed by atoms with van der Waals surface area (Å²) >= 11 is 6.16. The number of rotatable bonds is 7. The van der Waals surface area contributed by atoms with Crippen molar-refractivity contribution in [1.82, 2.24) is 19.6 Å². The number of nitrogens with zero attached hydrogens (tertiary/aromatic N) is 3. The summed E-state index contributed by atoms with van der Waals surface area (Å²) in [7, 11) is 0. The van der Waals surface area contributed by atoms with E-state index >= 15 is 0 Å². The maximum Gasteiger partial charge on any atom is 0.221 e. The normalized spacial score (nSPS) is 15.9. The molecule has 4 rings (SSSR count). The van der Waals surface area contributed by atoms with Gasteiger partial charge in [0, 0.05) is 50.9 Å². The van der Waals surface area contributed by atoms with Crippen LogP contribution in [0.3, 0.4) is 0 Å². The first-order valence-corrected chi connectivity index (χ1v) is 10.4. The lowest BCUT2D eigenvalue weighted by atomic mass is 9.92. The summed E-state index contributed by atoms with van der Waals surface area (Å²) < 4.78 is 21.8. The third-order valence-corrected chi connectivity index (χ3v) is 5.60. The van der Waals surface area contributed by atoms with E-state index in [1.807, 2.05) is 4.40 Å². The van der Waals surface area contributed by atoms with Gasteiger partial charge in [0.15, 0.2) is 0 Å². The van der Waals surface area contributed by atoms with Gasteiger partial charge in [0.05, 0.1) is 23.9 Å². The Bertz CT molecular complexity index is 1020. The highest BCUT2D eigenvalue weighted by atomic mass is 35.5. The molecule has 0 saturated carbocycles. The number of morpholine rings is 1. The van der Waals surface area contributed by atoms with E-state index in [0.717, 1.165) is 38.5 Å². The van der Waals surface area contributed by atoms with Gasteiger partial charge in [0.2, 0.25) is 5.91 Å². The Labute approximate surface area is 179 Å². The van der Waals surface area contributed by atoms with E-state index in [9.17, 15) is 9.18 Å². The highest BCUT2D eigenvalue weighted by Gasteiger charge is 2.24. The van der Waals surface area contributed by atoms with E-state index in [1.165, 1.54) is 6.07 Å². The summed E-state index contributed by atoms with van der Waals surface area (Å²) in [5.74, 6) is -0.961. The van der Waals surface area contributed by atoms with E-state index < -0.39 is 5.92 Å². The van der Waals surface area contributed by atoms with Crippen LogP contribution in [0.25, 0.3) is 5.65 Å². The van der Waals surface area contributed by atoms with E-state index in [0.29, 0.717) is 22.8 Å². The van der Waals surface area contributed by atoms with Crippen LogP contribution in [0.15, 0.2) is 48.8 Å². The van der Waals surface area contributed by atoms with Crippen molar-refractivity contribution >= 4 is 23.2 Å². The molecule has 8 heteroatoms. The average Bonchev–Trinajstić information content (AvgIpc) is 3.16. The summed E-state index contributed by atoms with van der Waals surface area (Å²) in [6.07, 6.45) is 3.54. The van der Waals surface area contributed by atoms with Gasteiger partial charge in [-0.15, -0.1) is 0 Å². The van der Waals surface area contributed by atoms with Crippen molar-refractivity contribution in [2.45, 2.75) is 12.3 Å². The molecular weight excluding hydrogens is 407 g/mol. The molecule has 1 amide bonds. The number of fused-ring (bicyclic) bond motifs is 1. The van der Waals surface area contributed by atoms with Crippen molar-refractivity contribution in [3.63, 3.8) is 0 Å². The van der Waals surface area contributed by atoms with Crippen LogP contribution in [-0.4, -0.2) is 59.6 Å². The monoisotopic (exact) mass is 430 g/mol. The minimum Gasteiger partial charge on any atom is -0.379 e. The molecule has 3 aromatic rings. The van der Waals surface area contributed by atoms with Gasteiger partial charge in [-0.1, -0.05) is 29.8 Å². The summed E-state index contributed by atoms with van der Waals surface area (Å²) in [6.45, 7) is 4.50. The zero-order chi connectivity index (χ0) is 20.9. The SMILES string of the molecule is O=C(CC(c1ccccc1F)c1cnc2ccc(Cl)cn12)NCCN1CCOCC1. The fraction of sp³-hybridized carbons (Fsp3) is 0.364. The van der Waals surface area contributed by atoms with Crippen LogP contribution in [-0.2, 0) is 9.53 Å². The van der Waals surface area contributed by atoms with E-state index in [-0.39, 0.29) is 18.1 Å². The van der Waals surface area contributed by atoms with Crippen LogP contribution in [0, 0.1) is 5.82 Å². The van der Waals surface area contributed by atoms with Gasteiger partial charge in [-0.3, -0.25) is 9.69 Å². The smallest absolute Gasteiger partial charge is 0.221 e. The fourth-order valence-corrected chi connectivity index (χ4v) is 3.96. The van der Waals surface area contributed by atoms with Crippen molar-refractivity contribution in [2.75, 3.05) is 39.4 Å². The number of nitrogens with one attached hydrogen (secondary N) is 1. The molecule has 1 aliphatic rings. The molecule has 0 aliphatic carbocycles. The quantitative estimate of drug-likeness (QED) is 0.625. The Morgan fingerprint density at radius 3 is 2.83 bits per heavy atom. The van der Waals surface area contributed by atoms with Crippen LogP contribution >= 0.6 is 11.6 Å². The van der Waals surface area contributed by atoms with Crippen LogP contribution in [0.5, 0.6) is 0 Å². The lowest BCUT2D eigenvalue weighted by molar-refractivity contribution is -0.121. The van der Waals surface area contributed by atoms with E-state index in [4.69, 9.17) is 16.3 Å². The first-order chi connectivity index (χ1) is 14.6. The zero-order valence-corrected chi connectivity index (χ0v) is 17.3. The molecule has 1 aromatic carbocycles. The molecule has 6 nitrogen and oxygen atoms in total. The maximum atomic E-state index is 14.7. The first kappa shape index (κ1) is 20.8. The van der Waals surface area contributed by atoms with Crippen molar-refractivity contribution in [3.8, 4) is 0 Å². The molecule has 0 radical (unpaired) electrons. The summed E-state index contributed by atoms with van der Waals surface area (Å²) in [4.78, 5) is 19.4. The first-order valence-electron chi connectivity index (χ1n) is 10.1. The second-order valence-electron chi connectivity index (χ2n) is 7.34. The molecule has 30 heavy (non-hydrogen) atoms. The minimum absolute atomic E-state index is 0.115.